The molecule has 0 saturated carbocycles. The molecule has 1 amide bonds. The van der Waals surface area contributed by atoms with E-state index in [0.717, 1.165) is 24.3 Å². The van der Waals surface area contributed by atoms with Crippen molar-refractivity contribution in [3.63, 3.8) is 0 Å². The fourth-order valence-electron chi connectivity index (χ4n) is 4.09. The molecule has 134 valence electrons. The molecule has 1 fully saturated rings. The van der Waals surface area contributed by atoms with Crippen LogP contribution in [0.2, 0.25) is 0 Å². The van der Waals surface area contributed by atoms with Gasteiger partial charge in [-0.25, -0.2) is 4.79 Å². The van der Waals surface area contributed by atoms with Crippen LogP contribution in [-0.2, 0) is 0 Å². The van der Waals surface area contributed by atoms with Crippen LogP contribution < -0.4 is 9.80 Å². The van der Waals surface area contributed by atoms with E-state index in [1.165, 1.54) is 31.0 Å². The summed E-state index contributed by atoms with van der Waals surface area (Å²) in [6.45, 7) is 4.09. The Hall–Kier alpha value is -2.82. The highest BCUT2D eigenvalue weighted by atomic mass is 16.4. The van der Waals surface area contributed by atoms with Gasteiger partial charge in [-0.15, -0.1) is 0 Å². The molecular weight excluding hydrogens is 328 g/mol. The average molecular weight is 350 g/mol. The molecular formula is C21H22N2O3. The number of fused-ring (bicyclic) bond motifs is 1. The van der Waals surface area contributed by atoms with Gasteiger partial charge in [0, 0.05) is 24.5 Å². The Morgan fingerprint density at radius 1 is 1.00 bits per heavy atom. The Morgan fingerprint density at radius 3 is 2.31 bits per heavy atom. The van der Waals surface area contributed by atoms with Crippen molar-refractivity contribution in [3.8, 4) is 0 Å². The van der Waals surface area contributed by atoms with E-state index < -0.39 is 5.97 Å². The number of nitrogens with zero attached hydrogens (tertiary/aromatic N) is 2. The molecule has 1 unspecified atom stereocenters. The van der Waals surface area contributed by atoms with Crippen LogP contribution in [-0.4, -0.2) is 30.1 Å². The number of anilines is 2. The lowest BCUT2D eigenvalue weighted by molar-refractivity contribution is 0.0692. The average Bonchev–Trinajstić information content (AvgIpc) is 2.93. The van der Waals surface area contributed by atoms with Gasteiger partial charge in [-0.1, -0.05) is 12.1 Å². The molecule has 0 bridgehead atoms. The van der Waals surface area contributed by atoms with Crippen LogP contribution in [0.1, 0.15) is 58.5 Å². The molecule has 2 aliphatic heterocycles. The summed E-state index contributed by atoms with van der Waals surface area (Å²) in [5, 5.41) is 9.41. The van der Waals surface area contributed by atoms with Gasteiger partial charge in [0.1, 0.15) is 0 Å². The number of carbonyl (C=O) groups excluding carboxylic acids is 1. The lowest BCUT2D eigenvalue weighted by Crippen LogP contribution is -2.29. The molecule has 0 aromatic heterocycles. The quantitative estimate of drug-likeness (QED) is 0.905. The van der Waals surface area contributed by atoms with Crippen LogP contribution in [0.5, 0.6) is 0 Å². The molecule has 0 spiro atoms. The maximum absolute atomic E-state index is 13.0. The number of benzene rings is 2. The summed E-state index contributed by atoms with van der Waals surface area (Å²) in [5.74, 6) is -1.30. The number of piperidine rings is 1. The maximum Gasteiger partial charge on any atom is 0.336 e. The number of carboxylic acids is 1. The van der Waals surface area contributed by atoms with E-state index >= 15 is 0 Å². The third-order valence-electron chi connectivity index (χ3n) is 5.45. The Kier molecular flexibility index (Phi) is 4.15. The number of amides is 1. The molecule has 5 nitrogen and oxygen atoms in total. The Labute approximate surface area is 152 Å². The summed E-state index contributed by atoms with van der Waals surface area (Å²) in [7, 11) is 0. The van der Waals surface area contributed by atoms with Crippen molar-refractivity contribution in [1.82, 2.24) is 0 Å². The highest BCUT2D eigenvalue weighted by Crippen LogP contribution is 2.39. The summed E-state index contributed by atoms with van der Waals surface area (Å²) in [6, 6.07) is 12.9. The molecule has 2 heterocycles. The number of carbonyl (C=O) groups is 2. The number of aromatic carboxylic acids is 1. The van der Waals surface area contributed by atoms with Crippen molar-refractivity contribution in [2.24, 2.45) is 0 Å². The zero-order valence-corrected chi connectivity index (χ0v) is 14.8. The van der Waals surface area contributed by atoms with Crippen molar-refractivity contribution < 1.29 is 14.7 Å². The lowest BCUT2D eigenvalue weighted by Gasteiger charge is -2.29. The van der Waals surface area contributed by atoms with E-state index in [-0.39, 0.29) is 17.5 Å². The third kappa shape index (κ3) is 2.64. The monoisotopic (exact) mass is 350 g/mol. The number of hydrogen-bond donors (Lipinski definition) is 1. The van der Waals surface area contributed by atoms with Gasteiger partial charge in [0.25, 0.3) is 5.91 Å². The fourth-order valence-corrected chi connectivity index (χ4v) is 4.09. The van der Waals surface area contributed by atoms with Crippen LogP contribution >= 0.6 is 0 Å². The van der Waals surface area contributed by atoms with E-state index in [0.29, 0.717) is 5.56 Å². The smallest absolute Gasteiger partial charge is 0.336 e. The number of hydrogen-bond acceptors (Lipinski definition) is 3. The van der Waals surface area contributed by atoms with Gasteiger partial charge in [0.15, 0.2) is 0 Å². The van der Waals surface area contributed by atoms with Crippen molar-refractivity contribution in [2.45, 2.75) is 32.2 Å². The van der Waals surface area contributed by atoms with Gasteiger partial charge < -0.3 is 14.9 Å². The molecule has 0 aliphatic carbocycles. The molecule has 5 heteroatoms. The highest BCUT2D eigenvalue weighted by Gasteiger charge is 2.37. The molecule has 1 saturated heterocycles. The summed E-state index contributed by atoms with van der Waals surface area (Å²) in [6.07, 6.45) is 3.73. The number of carboxylic acid groups (broad SMARTS) is 1. The minimum Gasteiger partial charge on any atom is -0.478 e. The Balaban J connectivity index is 1.65. The van der Waals surface area contributed by atoms with Crippen LogP contribution in [0, 0.1) is 0 Å². The summed E-state index contributed by atoms with van der Waals surface area (Å²) in [4.78, 5) is 28.5. The standard InChI is InChI=1S/C21H22N2O3/c1-14-17-6-5-7-18(21(25)26)19(17)20(24)23(14)16-10-8-15(9-11-16)22-12-3-2-4-13-22/h5-11,14H,2-4,12-13H2,1H3,(H,25,26). The zero-order valence-electron chi connectivity index (χ0n) is 14.8. The summed E-state index contributed by atoms with van der Waals surface area (Å²) >= 11 is 0. The van der Waals surface area contributed by atoms with Gasteiger partial charge >= 0.3 is 5.97 Å². The summed E-state index contributed by atoms with van der Waals surface area (Å²) < 4.78 is 0. The van der Waals surface area contributed by atoms with Crippen molar-refractivity contribution in [1.29, 1.82) is 0 Å². The second-order valence-corrected chi connectivity index (χ2v) is 6.99. The molecule has 4 rings (SSSR count). The molecule has 26 heavy (non-hydrogen) atoms. The largest absolute Gasteiger partial charge is 0.478 e. The van der Waals surface area contributed by atoms with Crippen molar-refractivity contribution >= 4 is 23.3 Å². The van der Waals surface area contributed by atoms with Crippen LogP contribution in [0.4, 0.5) is 11.4 Å². The van der Waals surface area contributed by atoms with Crippen molar-refractivity contribution in [2.75, 3.05) is 22.9 Å². The van der Waals surface area contributed by atoms with Crippen molar-refractivity contribution in [3.05, 3.63) is 59.2 Å². The van der Waals surface area contributed by atoms with Gasteiger partial charge in [0.05, 0.1) is 17.2 Å². The topological polar surface area (TPSA) is 60.9 Å². The van der Waals surface area contributed by atoms with E-state index in [9.17, 15) is 14.7 Å². The molecule has 1 N–H and O–H groups in total. The lowest BCUT2D eigenvalue weighted by atomic mass is 10.0. The van der Waals surface area contributed by atoms with Gasteiger partial charge in [-0.3, -0.25) is 4.79 Å². The normalized spacial score (nSPS) is 19.6. The Morgan fingerprint density at radius 2 is 1.65 bits per heavy atom. The Bertz CT molecular complexity index is 854. The predicted molar refractivity (Wildman–Crippen MR) is 101 cm³/mol. The van der Waals surface area contributed by atoms with E-state index in [2.05, 4.69) is 17.0 Å². The van der Waals surface area contributed by atoms with Crippen LogP contribution in [0.15, 0.2) is 42.5 Å². The van der Waals surface area contributed by atoms with E-state index in [1.54, 1.807) is 11.0 Å². The first-order valence-corrected chi connectivity index (χ1v) is 9.12. The van der Waals surface area contributed by atoms with Gasteiger partial charge in [0.2, 0.25) is 0 Å². The van der Waals surface area contributed by atoms with Gasteiger partial charge in [-0.2, -0.15) is 0 Å². The molecule has 2 aromatic rings. The van der Waals surface area contributed by atoms with Gasteiger partial charge in [-0.05, 0) is 62.1 Å². The minimum absolute atomic E-state index is 0.0757. The first-order chi connectivity index (χ1) is 12.6. The van der Waals surface area contributed by atoms with Crippen LogP contribution in [0.25, 0.3) is 0 Å². The molecule has 2 aliphatic rings. The first kappa shape index (κ1) is 16.6. The van der Waals surface area contributed by atoms with E-state index in [1.807, 2.05) is 25.1 Å². The highest BCUT2D eigenvalue weighted by molar-refractivity contribution is 6.16. The first-order valence-electron chi connectivity index (χ1n) is 9.12. The fraction of sp³-hybridized carbons (Fsp3) is 0.333. The SMILES string of the molecule is CC1c2cccc(C(=O)O)c2C(=O)N1c1ccc(N2CCCCC2)cc1. The predicted octanol–water partition coefficient (Wildman–Crippen LogP) is 4.10. The van der Waals surface area contributed by atoms with E-state index in [4.69, 9.17) is 0 Å². The molecule has 2 aromatic carbocycles. The van der Waals surface area contributed by atoms with Crippen LogP contribution in [0.3, 0.4) is 0 Å². The maximum atomic E-state index is 13.0. The second kappa shape index (κ2) is 6.48. The molecule has 1 atom stereocenters. The zero-order chi connectivity index (χ0) is 18.3. The minimum atomic E-state index is -1.07. The molecule has 0 radical (unpaired) electrons. The summed E-state index contributed by atoms with van der Waals surface area (Å²) in [5.41, 5.74) is 3.14. The number of rotatable bonds is 3. The third-order valence-corrected chi connectivity index (χ3v) is 5.45. The second-order valence-electron chi connectivity index (χ2n) is 6.99.